The highest BCUT2D eigenvalue weighted by Gasteiger charge is 2.13. The maximum absolute atomic E-state index is 13.3. The van der Waals surface area contributed by atoms with E-state index in [1.165, 1.54) is 12.1 Å². The fourth-order valence-electron chi connectivity index (χ4n) is 1.85. The largest absolute Gasteiger partial charge is 0.299 e. The predicted molar refractivity (Wildman–Crippen MR) is 63.8 cm³/mol. The Morgan fingerprint density at radius 1 is 1.24 bits per heavy atom. The molecule has 0 unspecified atom stereocenters. The molecule has 94 valence electrons. The molecule has 0 aliphatic rings. The van der Waals surface area contributed by atoms with E-state index in [1.807, 2.05) is 13.8 Å². The van der Waals surface area contributed by atoms with Crippen LogP contribution in [0.4, 0.5) is 8.78 Å². The highest BCUT2D eigenvalue weighted by atomic mass is 19.1. The Morgan fingerprint density at radius 2 is 1.88 bits per heavy atom. The van der Waals surface area contributed by atoms with Gasteiger partial charge in [-0.1, -0.05) is 32.8 Å². The van der Waals surface area contributed by atoms with Crippen molar-refractivity contribution in [1.82, 2.24) is 0 Å². The number of hydrogen-bond acceptors (Lipinski definition) is 1. The number of halogens is 2. The predicted octanol–water partition coefficient (Wildman–Crippen LogP) is 3.90. The first-order valence-corrected chi connectivity index (χ1v) is 6.02. The first-order chi connectivity index (χ1) is 8.06. The van der Waals surface area contributed by atoms with E-state index in [0.717, 1.165) is 18.9 Å². The van der Waals surface area contributed by atoms with Gasteiger partial charge in [0.15, 0.2) is 0 Å². The monoisotopic (exact) mass is 240 g/mol. The standard InChI is InChI=1S/C14H18F2O/c1-3-10(4-2)7-13(17)8-11-5-6-12(15)9-14(11)16/h5-6,9-10H,3-4,7-8H2,1-2H3. The zero-order chi connectivity index (χ0) is 12.8. The van der Waals surface area contributed by atoms with Crippen LogP contribution in [0.5, 0.6) is 0 Å². The number of benzene rings is 1. The molecule has 0 saturated heterocycles. The van der Waals surface area contributed by atoms with Crippen LogP contribution in [0.25, 0.3) is 0 Å². The second-order valence-electron chi connectivity index (χ2n) is 4.34. The molecule has 1 nitrogen and oxygen atoms in total. The van der Waals surface area contributed by atoms with Crippen LogP contribution in [0.3, 0.4) is 0 Å². The van der Waals surface area contributed by atoms with Crippen LogP contribution >= 0.6 is 0 Å². The van der Waals surface area contributed by atoms with Gasteiger partial charge in [-0.15, -0.1) is 0 Å². The van der Waals surface area contributed by atoms with E-state index in [4.69, 9.17) is 0 Å². The first kappa shape index (κ1) is 13.8. The Hall–Kier alpha value is -1.25. The molecule has 1 rings (SSSR count). The van der Waals surface area contributed by atoms with Gasteiger partial charge in [0.05, 0.1) is 0 Å². The van der Waals surface area contributed by atoms with Crippen molar-refractivity contribution in [1.29, 1.82) is 0 Å². The normalized spacial score (nSPS) is 10.9. The Morgan fingerprint density at radius 3 is 2.41 bits per heavy atom. The zero-order valence-corrected chi connectivity index (χ0v) is 10.3. The summed E-state index contributed by atoms with van der Waals surface area (Å²) in [6.45, 7) is 4.08. The molecule has 0 radical (unpaired) electrons. The number of Topliss-reactive ketones (excluding diaryl/α,β-unsaturated/α-hetero) is 1. The second kappa shape index (κ2) is 6.48. The minimum Gasteiger partial charge on any atom is -0.299 e. The SMILES string of the molecule is CCC(CC)CC(=O)Cc1ccc(F)cc1F. The molecule has 0 aliphatic carbocycles. The van der Waals surface area contributed by atoms with E-state index < -0.39 is 11.6 Å². The number of ketones is 1. The van der Waals surface area contributed by atoms with Crippen molar-refractivity contribution in [2.75, 3.05) is 0 Å². The van der Waals surface area contributed by atoms with Crippen LogP contribution in [-0.2, 0) is 11.2 Å². The molecule has 0 heterocycles. The molecule has 0 saturated carbocycles. The van der Waals surface area contributed by atoms with E-state index in [-0.39, 0.29) is 17.8 Å². The lowest BCUT2D eigenvalue weighted by Gasteiger charge is -2.11. The molecule has 1 aromatic carbocycles. The third kappa shape index (κ3) is 4.25. The molecule has 1 aromatic rings. The fraction of sp³-hybridized carbons (Fsp3) is 0.500. The Bertz CT molecular complexity index is 384. The summed E-state index contributed by atoms with van der Waals surface area (Å²) in [5.74, 6) is -0.864. The maximum Gasteiger partial charge on any atom is 0.137 e. The first-order valence-electron chi connectivity index (χ1n) is 6.02. The summed E-state index contributed by atoms with van der Waals surface area (Å²) in [5.41, 5.74) is 0.280. The summed E-state index contributed by atoms with van der Waals surface area (Å²) in [6.07, 6.45) is 2.44. The van der Waals surface area contributed by atoms with Crippen LogP contribution in [0.15, 0.2) is 18.2 Å². The topological polar surface area (TPSA) is 17.1 Å². The Balaban J connectivity index is 2.62. The minimum absolute atomic E-state index is 0.0178. The number of carbonyl (C=O) groups excluding carboxylic acids is 1. The lowest BCUT2D eigenvalue weighted by Crippen LogP contribution is -2.10. The number of hydrogen-bond donors (Lipinski definition) is 0. The summed E-state index contributed by atoms with van der Waals surface area (Å²) in [6, 6.07) is 3.35. The van der Waals surface area contributed by atoms with Crippen LogP contribution in [0.1, 0.15) is 38.7 Å². The van der Waals surface area contributed by atoms with E-state index in [0.29, 0.717) is 12.3 Å². The average molecular weight is 240 g/mol. The minimum atomic E-state index is -0.636. The third-order valence-corrected chi connectivity index (χ3v) is 3.07. The van der Waals surface area contributed by atoms with Crippen LogP contribution in [-0.4, -0.2) is 5.78 Å². The summed E-state index contributed by atoms with van der Waals surface area (Å²) in [7, 11) is 0. The molecule has 0 amide bonds. The average Bonchev–Trinajstić information content (AvgIpc) is 2.29. The summed E-state index contributed by atoms with van der Waals surface area (Å²) in [5, 5.41) is 0. The molecule has 0 aliphatic heterocycles. The second-order valence-corrected chi connectivity index (χ2v) is 4.34. The highest BCUT2D eigenvalue weighted by Crippen LogP contribution is 2.16. The summed E-state index contributed by atoms with van der Waals surface area (Å²) < 4.78 is 26.0. The lowest BCUT2D eigenvalue weighted by atomic mass is 9.94. The van der Waals surface area contributed by atoms with Gasteiger partial charge >= 0.3 is 0 Å². The van der Waals surface area contributed by atoms with Gasteiger partial charge in [-0.3, -0.25) is 4.79 Å². The van der Waals surface area contributed by atoms with E-state index >= 15 is 0 Å². The van der Waals surface area contributed by atoms with Crippen molar-refractivity contribution in [3.63, 3.8) is 0 Å². The Labute approximate surface area is 101 Å². The van der Waals surface area contributed by atoms with Gasteiger partial charge in [-0.2, -0.15) is 0 Å². The highest BCUT2D eigenvalue weighted by molar-refractivity contribution is 5.81. The molecule has 0 aromatic heterocycles. The van der Waals surface area contributed by atoms with Crippen molar-refractivity contribution < 1.29 is 13.6 Å². The van der Waals surface area contributed by atoms with Gasteiger partial charge in [0.25, 0.3) is 0 Å². The van der Waals surface area contributed by atoms with Crippen molar-refractivity contribution >= 4 is 5.78 Å². The zero-order valence-electron chi connectivity index (χ0n) is 10.3. The maximum atomic E-state index is 13.3. The summed E-state index contributed by atoms with van der Waals surface area (Å²) >= 11 is 0. The Kier molecular flexibility index (Phi) is 5.26. The van der Waals surface area contributed by atoms with Gasteiger partial charge in [0.2, 0.25) is 0 Å². The van der Waals surface area contributed by atoms with Gasteiger partial charge in [-0.05, 0) is 17.5 Å². The smallest absolute Gasteiger partial charge is 0.137 e. The van der Waals surface area contributed by atoms with E-state index in [1.54, 1.807) is 0 Å². The fourth-order valence-corrected chi connectivity index (χ4v) is 1.85. The van der Waals surface area contributed by atoms with Crippen LogP contribution in [0.2, 0.25) is 0 Å². The van der Waals surface area contributed by atoms with Crippen LogP contribution < -0.4 is 0 Å². The molecule has 0 atom stereocenters. The molecule has 0 bridgehead atoms. The molecular weight excluding hydrogens is 222 g/mol. The quantitative estimate of drug-likeness (QED) is 0.737. The lowest BCUT2D eigenvalue weighted by molar-refractivity contribution is -0.119. The van der Waals surface area contributed by atoms with Crippen molar-refractivity contribution in [2.24, 2.45) is 5.92 Å². The van der Waals surface area contributed by atoms with E-state index in [9.17, 15) is 13.6 Å². The van der Waals surface area contributed by atoms with Crippen molar-refractivity contribution in [2.45, 2.75) is 39.5 Å². The van der Waals surface area contributed by atoms with Gasteiger partial charge in [0, 0.05) is 18.9 Å². The molecule has 0 fully saturated rings. The van der Waals surface area contributed by atoms with Gasteiger partial charge in [-0.25, -0.2) is 8.78 Å². The third-order valence-electron chi connectivity index (χ3n) is 3.07. The van der Waals surface area contributed by atoms with Crippen molar-refractivity contribution in [3.05, 3.63) is 35.4 Å². The number of carbonyl (C=O) groups is 1. The molecular formula is C14H18F2O. The molecule has 0 N–H and O–H groups in total. The molecule has 0 spiro atoms. The van der Waals surface area contributed by atoms with Gasteiger partial charge in [0.1, 0.15) is 17.4 Å². The molecule has 3 heteroatoms. The summed E-state index contributed by atoms with van der Waals surface area (Å²) in [4.78, 5) is 11.7. The van der Waals surface area contributed by atoms with E-state index in [2.05, 4.69) is 0 Å². The van der Waals surface area contributed by atoms with Crippen molar-refractivity contribution in [3.8, 4) is 0 Å². The van der Waals surface area contributed by atoms with Gasteiger partial charge < -0.3 is 0 Å². The molecule has 17 heavy (non-hydrogen) atoms. The van der Waals surface area contributed by atoms with Crippen LogP contribution in [0, 0.1) is 17.6 Å². The number of rotatable bonds is 6.